The van der Waals surface area contributed by atoms with E-state index in [0.717, 1.165) is 22.2 Å². The van der Waals surface area contributed by atoms with E-state index >= 15 is 0 Å². The first kappa shape index (κ1) is 27.4. The molecule has 0 radical (unpaired) electrons. The van der Waals surface area contributed by atoms with Gasteiger partial charge in [0.25, 0.3) is 0 Å². The number of benzene rings is 3. The molecule has 3 aromatic carbocycles. The molecule has 0 fully saturated rings. The zero-order valence-corrected chi connectivity index (χ0v) is 22.5. The van der Waals surface area contributed by atoms with E-state index < -0.39 is 10.0 Å². The Morgan fingerprint density at radius 2 is 1.76 bits per heavy atom. The maximum atomic E-state index is 13.4. The summed E-state index contributed by atoms with van der Waals surface area (Å²) in [6, 6.07) is 22.7. The minimum absolute atomic E-state index is 0.0727. The fourth-order valence-electron chi connectivity index (χ4n) is 3.94. The Hall–Kier alpha value is -3.66. The number of amides is 1. The van der Waals surface area contributed by atoms with Crippen molar-refractivity contribution in [3.63, 3.8) is 0 Å². The fraction of sp³-hybridized carbons (Fsp3) is 0.214. The van der Waals surface area contributed by atoms with Gasteiger partial charge in [0.05, 0.1) is 24.1 Å². The van der Waals surface area contributed by atoms with Crippen LogP contribution in [0.1, 0.15) is 12.0 Å². The number of carbonyl (C=O) groups excluding carboxylic acids is 1. The van der Waals surface area contributed by atoms with Gasteiger partial charge in [-0.1, -0.05) is 41.9 Å². The van der Waals surface area contributed by atoms with Crippen molar-refractivity contribution in [2.45, 2.75) is 17.9 Å². The number of hydrogen-bond donors (Lipinski definition) is 2. The number of rotatable bonds is 12. The van der Waals surface area contributed by atoms with Gasteiger partial charge in [0.15, 0.2) is 0 Å². The third-order valence-corrected chi connectivity index (χ3v) is 7.96. The highest BCUT2D eigenvalue weighted by Gasteiger charge is 2.27. The molecule has 1 aromatic heterocycles. The van der Waals surface area contributed by atoms with Crippen LogP contribution in [0.25, 0.3) is 10.9 Å². The van der Waals surface area contributed by atoms with E-state index in [1.165, 1.54) is 23.5 Å². The second kappa shape index (κ2) is 12.7. The first-order valence-corrected chi connectivity index (χ1v) is 13.9. The number of pyridine rings is 1. The molecular formula is C28H29ClN4O4S. The van der Waals surface area contributed by atoms with Crippen molar-refractivity contribution in [1.29, 1.82) is 0 Å². The van der Waals surface area contributed by atoms with Crippen molar-refractivity contribution in [1.82, 2.24) is 14.6 Å². The zero-order chi connectivity index (χ0) is 27.0. The summed E-state index contributed by atoms with van der Waals surface area (Å²) in [6.45, 7) is 0.776. The van der Waals surface area contributed by atoms with Gasteiger partial charge in [-0.3, -0.25) is 9.78 Å². The summed E-state index contributed by atoms with van der Waals surface area (Å²) in [7, 11) is -2.41. The molecule has 0 saturated carbocycles. The number of nitrogens with zero attached hydrogens (tertiary/aromatic N) is 2. The Labute approximate surface area is 227 Å². The van der Waals surface area contributed by atoms with Gasteiger partial charge in [-0.15, -0.1) is 0 Å². The Morgan fingerprint density at radius 3 is 2.50 bits per heavy atom. The lowest BCUT2D eigenvalue weighted by molar-refractivity contribution is -0.121. The molecule has 1 amide bonds. The van der Waals surface area contributed by atoms with Crippen molar-refractivity contribution in [2.75, 3.05) is 32.1 Å². The van der Waals surface area contributed by atoms with Crippen molar-refractivity contribution in [2.24, 2.45) is 0 Å². The van der Waals surface area contributed by atoms with Crippen LogP contribution in [0.5, 0.6) is 5.75 Å². The Morgan fingerprint density at radius 1 is 1.00 bits per heavy atom. The Kier molecular flexibility index (Phi) is 9.17. The lowest BCUT2D eigenvalue weighted by atomic mass is 10.2. The SMILES string of the molecule is COc1ccc(S(=O)(=O)N(CC(=O)NCCCNc2ccnc3cc(Cl)ccc23)Cc2ccccc2)cc1. The highest BCUT2D eigenvalue weighted by Crippen LogP contribution is 2.24. The van der Waals surface area contributed by atoms with Crippen LogP contribution in [0.2, 0.25) is 5.02 Å². The van der Waals surface area contributed by atoms with Crippen LogP contribution in [0, 0.1) is 0 Å². The van der Waals surface area contributed by atoms with E-state index in [1.807, 2.05) is 54.6 Å². The van der Waals surface area contributed by atoms with E-state index in [0.29, 0.717) is 30.3 Å². The van der Waals surface area contributed by atoms with Gasteiger partial charge in [0.1, 0.15) is 5.75 Å². The van der Waals surface area contributed by atoms with E-state index in [-0.39, 0.29) is 23.9 Å². The number of methoxy groups -OCH3 is 1. The maximum Gasteiger partial charge on any atom is 0.243 e. The van der Waals surface area contributed by atoms with Crippen LogP contribution < -0.4 is 15.4 Å². The standard InChI is InChI=1S/C28H29ClN4O4S/c1-37-23-9-11-24(12-10-23)38(35,36)33(19-21-6-3-2-4-7-21)20-28(34)32-16-5-15-30-26-14-17-31-27-18-22(29)8-13-25(26)27/h2-4,6-14,17-18H,5,15-16,19-20H2,1H3,(H,30,31)(H,32,34). The van der Waals surface area contributed by atoms with Gasteiger partial charge in [0, 0.05) is 41.9 Å². The van der Waals surface area contributed by atoms with Gasteiger partial charge in [-0.2, -0.15) is 4.31 Å². The lowest BCUT2D eigenvalue weighted by Gasteiger charge is -2.22. The molecule has 38 heavy (non-hydrogen) atoms. The molecule has 4 aromatic rings. The number of ether oxygens (including phenoxy) is 1. The molecule has 2 N–H and O–H groups in total. The summed E-state index contributed by atoms with van der Waals surface area (Å²) in [5.74, 6) is 0.176. The molecule has 0 saturated heterocycles. The van der Waals surface area contributed by atoms with E-state index in [1.54, 1.807) is 18.3 Å². The number of halogens is 1. The first-order chi connectivity index (χ1) is 18.4. The highest BCUT2D eigenvalue weighted by molar-refractivity contribution is 7.89. The minimum Gasteiger partial charge on any atom is -0.497 e. The van der Waals surface area contributed by atoms with Crippen LogP contribution in [0.15, 0.2) is 90.0 Å². The normalized spacial score (nSPS) is 11.4. The van der Waals surface area contributed by atoms with Gasteiger partial charge in [0.2, 0.25) is 15.9 Å². The van der Waals surface area contributed by atoms with Crippen molar-refractivity contribution < 1.29 is 17.9 Å². The fourth-order valence-corrected chi connectivity index (χ4v) is 5.49. The third kappa shape index (κ3) is 7.00. The molecule has 0 aliphatic carbocycles. The zero-order valence-electron chi connectivity index (χ0n) is 20.9. The Balaban J connectivity index is 1.35. The largest absolute Gasteiger partial charge is 0.497 e. The number of nitrogens with one attached hydrogen (secondary N) is 2. The summed E-state index contributed by atoms with van der Waals surface area (Å²) in [5.41, 5.74) is 2.51. The molecule has 1 heterocycles. The predicted octanol–water partition coefficient (Wildman–Crippen LogP) is 4.71. The summed E-state index contributed by atoms with van der Waals surface area (Å²) < 4.78 is 33.2. The maximum absolute atomic E-state index is 13.4. The van der Waals surface area contributed by atoms with Gasteiger partial charge < -0.3 is 15.4 Å². The molecule has 4 rings (SSSR count). The topological polar surface area (TPSA) is 101 Å². The van der Waals surface area contributed by atoms with Crippen molar-refractivity contribution in [3.05, 3.63) is 95.6 Å². The number of hydrogen-bond acceptors (Lipinski definition) is 6. The molecule has 198 valence electrons. The predicted molar refractivity (Wildman–Crippen MR) is 150 cm³/mol. The minimum atomic E-state index is -3.93. The number of carbonyl (C=O) groups is 1. The highest BCUT2D eigenvalue weighted by atomic mass is 35.5. The first-order valence-electron chi connectivity index (χ1n) is 12.1. The average Bonchev–Trinajstić information content (AvgIpc) is 2.93. The van der Waals surface area contributed by atoms with Crippen LogP contribution in [0.4, 0.5) is 5.69 Å². The number of aromatic nitrogens is 1. The van der Waals surface area contributed by atoms with Crippen molar-refractivity contribution >= 4 is 44.1 Å². The summed E-state index contributed by atoms with van der Waals surface area (Å²) >= 11 is 6.06. The lowest BCUT2D eigenvalue weighted by Crippen LogP contribution is -2.40. The number of anilines is 1. The van der Waals surface area contributed by atoms with Gasteiger partial charge >= 0.3 is 0 Å². The molecule has 0 atom stereocenters. The second-order valence-corrected chi connectivity index (χ2v) is 11.0. The smallest absolute Gasteiger partial charge is 0.243 e. The van der Waals surface area contributed by atoms with Crippen LogP contribution >= 0.6 is 11.6 Å². The quantitative estimate of drug-likeness (QED) is 0.247. The van der Waals surface area contributed by atoms with Crippen LogP contribution in [-0.2, 0) is 21.4 Å². The van der Waals surface area contributed by atoms with Gasteiger partial charge in [-0.05, 0) is 60.5 Å². The van der Waals surface area contributed by atoms with E-state index in [2.05, 4.69) is 15.6 Å². The molecule has 0 bridgehead atoms. The van der Waals surface area contributed by atoms with Crippen LogP contribution in [0.3, 0.4) is 0 Å². The van der Waals surface area contributed by atoms with E-state index in [4.69, 9.17) is 16.3 Å². The third-order valence-electron chi connectivity index (χ3n) is 5.91. The molecule has 8 nitrogen and oxygen atoms in total. The van der Waals surface area contributed by atoms with Crippen LogP contribution in [-0.4, -0.2) is 50.4 Å². The van der Waals surface area contributed by atoms with Crippen molar-refractivity contribution in [3.8, 4) is 5.75 Å². The average molecular weight is 553 g/mol. The number of sulfonamides is 1. The molecule has 0 aliphatic rings. The second-order valence-electron chi connectivity index (χ2n) is 8.58. The molecule has 10 heteroatoms. The number of fused-ring (bicyclic) bond motifs is 1. The summed E-state index contributed by atoms with van der Waals surface area (Å²) in [6.07, 6.45) is 2.36. The molecule has 0 aliphatic heterocycles. The Bertz CT molecular complexity index is 1480. The summed E-state index contributed by atoms with van der Waals surface area (Å²) in [4.78, 5) is 17.2. The molecule has 0 spiro atoms. The monoisotopic (exact) mass is 552 g/mol. The molecule has 0 unspecified atom stereocenters. The summed E-state index contributed by atoms with van der Waals surface area (Å²) in [5, 5.41) is 7.78. The molecular weight excluding hydrogens is 524 g/mol. The van der Waals surface area contributed by atoms with E-state index in [9.17, 15) is 13.2 Å². The van der Waals surface area contributed by atoms with Gasteiger partial charge in [-0.25, -0.2) is 8.42 Å².